The molecule has 0 amide bonds. The normalized spacial score (nSPS) is 14.3. The van der Waals surface area contributed by atoms with Gasteiger partial charge in [-0.05, 0) is 49.2 Å². The Bertz CT molecular complexity index is 1150. The average Bonchev–Trinajstić information content (AvgIpc) is 3.19. The van der Waals surface area contributed by atoms with Crippen LogP contribution in [0, 0.1) is 0 Å². The number of ether oxygens (including phenoxy) is 1. The van der Waals surface area contributed by atoms with Crippen molar-refractivity contribution in [2.45, 2.75) is 24.3 Å². The molecule has 0 fully saturated rings. The maximum Gasteiger partial charge on any atom is 0.338 e. The van der Waals surface area contributed by atoms with Crippen molar-refractivity contribution in [1.29, 1.82) is 0 Å². The molecule has 1 aliphatic heterocycles. The third-order valence-electron chi connectivity index (χ3n) is 4.94. The van der Waals surface area contributed by atoms with Gasteiger partial charge in [0.25, 0.3) is 10.0 Å². The van der Waals surface area contributed by atoms with Crippen molar-refractivity contribution in [2.75, 3.05) is 10.8 Å². The Balaban J connectivity index is 1.58. The Morgan fingerprint density at radius 1 is 1.10 bits per heavy atom. The van der Waals surface area contributed by atoms with Gasteiger partial charge >= 0.3 is 5.97 Å². The Morgan fingerprint density at radius 3 is 2.72 bits per heavy atom. The zero-order valence-electron chi connectivity index (χ0n) is 15.9. The SMILES string of the molecule is CC(OC(=O)c1cccc(S(=O)(=O)N2CCc3ccccc32)c1)c1cccnc1. The fraction of sp³-hybridized carbons (Fsp3) is 0.182. The fourth-order valence-electron chi connectivity index (χ4n) is 3.38. The second-order valence-corrected chi connectivity index (χ2v) is 8.68. The summed E-state index contributed by atoms with van der Waals surface area (Å²) in [5.41, 5.74) is 2.63. The minimum absolute atomic E-state index is 0.0673. The fourth-order valence-corrected chi connectivity index (χ4v) is 4.93. The predicted molar refractivity (Wildman–Crippen MR) is 109 cm³/mol. The van der Waals surface area contributed by atoms with Gasteiger partial charge in [-0.3, -0.25) is 9.29 Å². The molecule has 0 N–H and O–H groups in total. The third kappa shape index (κ3) is 3.73. The Kier molecular flexibility index (Phi) is 5.07. The number of hydrogen-bond donors (Lipinski definition) is 0. The molecule has 1 unspecified atom stereocenters. The Morgan fingerprint density at radius 2 is 1.93 bits per heavy atom. The van der Waals surface area contributed by atoms with Crippen LogP contribution in [0.5, 0.6) is 0 Å². The summed E-state index contributed by atoms with van der Waals surface area (Å²) in [6.45, 7) is 2.13. The minimum Gasteiger partial charge on any atom is -0.454 e. The molecule has 7 heteroatoms. The van der Waals surface area contributed by atoms with Crippen molar-refractivity contribution < 1.29 is 17.9 Å². The summed E-state index contributed by atoms with van der Waals surface area (Å²) in [6.07, 6.45) is 3.44. The maximum atomic E-state index is 13.2. The predicted octanol–water partition coefficient (Wildman–Crippen LogP) is 3.75. The summed E-state index contributed by atoms with van der Waals surface area (Å²) in [4.78, 5) is 16.7. The van der Waals surface area contributed by atoms with E-state index in [4.69, 9.17) is 4.74 Å². The van der Waals surface area contributed by atoms with Crippen molar-refractivity contribution in [3.8, 4) is 0 Å². The molecule has 148 valence electrons. The smallest absolute Gasteiger partial charge is 0.338 e. The summed E-state index contributed by atoms with van der Waals surface area (Å²) in [6, 6.07) is 17.0. The van der Waals surface area contributed by atoms with E-state index in [2.05, 4.69) is 4.98 Å². The van der Waals surface area contributed by atoms with Gasteiger partial charge in [0, 0.05) is 24.5 Å². The molecule has 6 nitrogen and oxygen atoms in total. The van der Waals surface area contributed by atoms with Gasteiger partial charge < -0.3 is 4.74 Å². The van der Waals surface area contributed by atoms with Crippen molar-refractivity contribution in [3.63, 3.8) is 0 Å². The van der Waals surface area contributed by atoms with Crippen LogP contribution in [0.15, 0.2) is 78.0 Å². The lowest BCUT2D eigenvalue weighted by Crippen LogP contribution is -2.29. The molecule has 1 aliphatic rings. The number of anilines is 1. The number of nitrogens with zero attached hydrogens (tertiary/aromatic N) is 2. The molecular formula is C22H20N2O4S. The van der Waals surface area contributed by atoms with E-state index in [1.807, 2.05) is 24.3 Å². The number of benzene rings is 2. The van der Waals surface area contributed by atoms with Crippen LogP contribution >= 0.6 is 0 Å². The van der Waals surface area contributed by atoms with Crippen LogP contribution in [0.2, 0.25) is 0 Å². The number of hydrogen-bond acceptors (Lipinski definition) is 5. The standard InChI is InChI=1S/C22H20N2O4S/c1-16(19-8-5-12-23-15-19)28-22(25)18-7-4-9-20(14-18)29(26,27)24-13-11-17-6-2-3-10-21(17)24/h2-10,12,14-16H,11,13H2,1H3. The first kappa shape index (κ1) is 19.1. The van der Waals surface area contributed by atoms with Crippen molar-refractivity contribution in [2.24, 2.45) is 0 Å². The molecule has 0 radical (unpaired) electrons. The highest BCUT2D eigenvalue weighted by Gasteiger charge is 2.31. The summed E-state index contributed by atoms with van der Waals surface area (Å²) >= 11 is 0. The van der Waals surface area contributed by atoms with Gasteiger partial charge in [-0.2, -0.15) is 0 Å². The molecule has 0 bridgehead atoms. The highest BCUT2D eigenvalue weighted by Crippen LogP contribution is 2.33. The van der Waals surface area contributed by atoms with Gasteiger partial charge in [-0.15, -0.1) is 0 Å². The summed E-state index contributed by atoms with van der Waals surface area (Å²) < 4.78 is 33.2. The first-order valence-electron chi connectivity index (χ1n) is 9.28. The first-order valence-corrected chi connectivity index (χ1v) is 10.7. The molecule has 0 saturated carbocycles. The van der Waals surface area contributed by atoms with Crippen LogP contribution < -0.4 is 4.31 Å². The topological polar surface area (TPSA) is 76.6 Å². The summed E-state index contributed by atoms with van der Waals surface area (Å²) in [7, 11) is -3.77. The van der Waals surface area contributed by atoms with Crippen molar-refractivity contribution >= 4 is 21.7 Å². The highest BCUT2D eigenvalue weighted by atomic mass is 32.2. The number of para-hydroxylation sites is 1. The molecule has 4 rings (SSSR count). The Labute approximate surface area is 169 Å². The van der Waals surface area contributed by atoms with Gasteiger partial charge in [0.1, 0.15) is 6.10 Å². The maximum absolute atomic E-state index is 13.2. The summed E-state index contributed by atoms with van der Waals surface area (Å²) in [5.74, 6) is -0.583. The molecule has 2 aromatic carbocycles. The zero-order chi connectivity index (χ0) is 20.4. The van der Waals surface area contributed by atoms with E-state index in [1.54, 1.807) is 43.6 Å². The lowest BCUT2D eigenvalue weighted by atomic mass is 10.2. The second kappa shape index (κ2) is 7.67. The monoisotopic (exact) mass is 408 g/mol. The minimum atomic E-state index is -3.77. The van der Waals surface area contributed by atoms with E-state index in [0.717, 1.165) is 11.1 Å². The quantitative estimate of drug-likeness (QED) is 0.601. The van der Waals surface area contributed by atoms with E-state index in [0.29, 0.717) is 18.7 Å². The Hall–Kier alpha value is -3.19. The van der Waals surface area contributed by atoms with E-state index >= 15 is 0 Å². The number of carbonyl (C=O) groups is 1. The number of rotatable bonds is 5. The van der Waals surface area contributed by atoms with Crippen LogP contribution in [-0.2, 0) is 21.2 Å². The molecular weight excluding hydrogens is 388 g/mol. The lowest BCUT2D eigenvalue weighted by molar-refractivity contribution is 0.0337. The van der Waals surface area contributed by atoms with Gasteiger partial charge in [0.05, 0.1) is 16.1 Å². The molecule has 1 aromatic heterocycles. The molecule has 3 aromatic rings. The first-order chi connectivity index (χ1) is 14.0. The molecule has 2 heterocycles. The van der Waals surface area contributed by atoms with E-state index in [9.17, 15) is 13.2 Å². The van der Waals surface area contributed by atoms with Crippen LogP contribution in [0.4, 0.5) is 5.69 Å². The van der Waals surface area contributed by atoms with Gasteiger partial charge in [0.2, 0.25) is 0 Å². The number of esters is 1. The lowest BCUT2D eigenvalue weighted by Gasteiger charge is -2.20. The van der Waals surface area contributed by atoms with Crippen LogP contribution in [0.3, 0.4) is 0 Å². The van der Waals surface area contributed by atoms with Crippen LogP contribution in [0.25, 0.3) is 0 Å². The van der Waals surface area contributed by atoms with Crippen molar-refractivity contribution in [3.05, 3.63) is 89.7 Å². The third-order valence-corrected chi connectivity index (χ3v) is 6.75. The molecule has 0 spiro atoms. The van der Waals surface area contributed by atoms with Crippen LogP contribution in [0.1, 0.15) is 34.5 Å². The number of pyridine rings is 1. The number of aromatic nitrogens is 1. The molecule has 0 saturated heterocycles. The van der Waals surface area contributed by atoms with Crippen molar-refractivity contribution in [1.82, 2.24) is 4.98 Å². The molecule has 29 heavy (non-hydrogen) atoms. The number of carbonyl (C=O) groups excluding carboxylic acids is 1. The number of fused-ring (bicyclic) bond motifs is 1. The second-order valence-electron chi connectivity index (χ2n) is 6.82. The molecule has 1 atom stereocenters. The zero-order valence-corrected chi connectivity index (χ0v) is 16.7. The van der Waals surface area contributed by atoms with Gasteiger partial charge in [-0.1, -0.05) is 30.3 Å². The molecule has 0 aliphatic carbocycles. The van der Waals surface area contributed by atoms with Gasteiger partial charge in [-0.25, -0.2) is 13.2 Å². The summed E-state index contributed by atoms with van der Waals surface area (Å²) in [5, 5.41) is 0. The van der Waals surface area contributed by atoms with E-state index in [1.165, 1.54) is 16.4 Å². The highest BCUT2D eigenvalue weighted by molar-refractivity contribution is 7.92. The average molecular weight is 408 g/mol. The van der Waals surface area contributed by atoms with E-state index in [-0.39, 0.29) is 10.5 Å². The largest absolute Gasteiger partial charge is 0.454 e. The number of sulfonamides is 1. The van der Waals surface area contributed by atoms with Gasteiger partial charge in [0.15, 0.2) is 0 Å². The van der Waals surface area contributed by atoms with Crippen LogP contribution in [-0.4, -0.2) is 25.9 Å². The van der Waals surface area contributed by atoms with E-state index < -0.39 is 22.1 Å².